The Morgan fingerprint density at radius 3 is 2.70 bits per heavy atom. The van der Waals surface area contributed by atoms with Crippen LogP contribution >= 0.6 is 11.6 Å². The molecule has 20 heavy (non-hydrogen) atoms. The SMILES string of the molecule is CC(C)N1CCCC(C#N)(Nc2ccccc2Cl)CC1. The van der Waals surface area contributed by atoms with Crippen LogP contribution in [0.15, 0.2) is 24.3 Å². The molecule has 0 aliphatic carbocycles. The van der Waals surface area contributed by atoms with Crippen molar-refractivity contribution in [1.29, 1.82) is 5.26 Å². The molecule has 4 heteroatoms. The highest BCUT2D eigenvalue weighted by atomic mass is 35.5. The molecule has 1 aliphatic heterocycles. The van der Waals surface area contributed by atoms with E-state index in [-0.39, 0.29) is 0 Å². The number of rotatable bonds is 3. The molecule has 1 unspecified atom stereocenters. The zero-order valence-electron chi connectivity index (χ0n) is 12.2. The van der Waals surface area contributed by atoms with E-state index in [0.29, 0.717) is 11.1 Å². The minimum atomic E-state index is -0.505. The number of nitrogens with one attached hydrogen (secondary N) is 1. The van der Waals surface area contributed by atoms with Crippen molar-refractivity contribution < 1.29 is 0 Å². The number of para-hydroxylation sites is 1. The maximum Gasteiger partial charge on any atom is 0.126 e. The minimum Gasteiger partial charge on any atom is -0.366 e. The van der Waals surface area contributed by atoms with E-state index in [1.54, 1.807) is 0 Å². The Kier molecular flexibility index (Phi) is 4.91. The number of halogens is 1. The number of anilines is 1. The highest BCUT2D eigenvalue weighted by Crippen LogP contribution is 2.30. The van der Waals surface area contributed by atoms with Crippen molar-refractivity contribution in [1.82, 2.24) is 4.90 Å². The van der Waals surface area contributed by atoms with E-state index >= 15 is 0 Å². The van der Waals surface area contributed by atoms with E-state index in [0.717, 1.165) is 38.0 Å². The Morgan fingerprint density at radius 1 is 1.30 bits per heavy atom. The van der Waals surface area contributed by atoms with Crippen molar-refractivity contribution in [2.45, 2.75) is 44.7 Å². The molecule has 2 rings (SSSR count). The fourth-order valence-corrected chi connectivity index (χ4v) is 2.94. The molecule has 0 saturated carbocycles. The van der Waals surface area contributed by atoms with E-state index in [1.807, 2.05) is 24.3 Å². The standard InChI is InChI=1S/C16H22ClN3/c1-13(2)20-10-5-8-16(12-18,9-11-20)19-15-7-4-3-6-14(15)17/h3-4,6-7,13,19H,5,8-11H2,1-2H3. The van der Waals surface area contributed by atoms with Gasteiger partial charge in [-0.25, -0.2) is 0 Å². The predicted octanol–water partition coefficient (Wildman–Crippen LogP) is 3.91. The molecule has 1 atom stereocenters. The number of likely N-dealkylation sites (tertiary alicyclic amines) is 1. The monoisotopic (exact) mass is 291 g/mol. The summed E-state index contributed by atoms with van der Waals surface area (Å²) in [6.07, 6.45) is 2.72. The summed E-state index contributed by atoms with van der Waals surface area (Å²) >= 11 is 6.20. The first-order valence-electron chi connectivity index (χ1n) is 7.24. The summed E-state index contributed by atoms with van der Waals surface area (Å²) in [6.45, 7) is 6.43. The molecule has 1 fully saturated rings. The Hall–Kier alpha value is -1.24. The van der Waals surface area contributed by atoms with Crippen molar-refractivity contribution >= 4 is 17.3 Å². The average Bonchev–Trinajstić information content (AvgIpc) is 2.65. The Bertz CT molecular complexity index is 495. The number of nitrogens with zero attached hydrogens (tertiary/aromatic N) is 2. The smallest absolute Gasteiger partial charge is 0.126 e. The summed E-state index contributed by atoms with van der Waals surface area (Å²) in [4.78, 5) is 2.44. The lowest BCUT2D eigenvalue weighted by atomic mass is 9.92. The van der Waals surface area contributed by atoms with Gasteiger partial charge in [0.15, 0.2) is 0 Å². The number of hydrogen-bond donors (Lipinski definition) is 1. The second kappa shape index (κ2) is 6.47. The van der Waals surface area contributed by atoms with Gasteiger partial charge in [-0.2, -0.15) is 5.26 Å². The molecule has 0 amide bonds. The van der Waals surface area contributed by atoms with Crippen LogP contribution < -0.4 is 5.32 Å². The number of hydrogen-bond acceptors (Lipinski definition) is 3. The van der Waals surface area contributed by atoms with Crippen LogP contribution in [-0.4, -0.2) is 29.6 Å². The van der Waals surface area contributed by atoms with Gasteiger partial charge in [0.25, 0.3) is 0 Å². The van der Waals surface area contributed by atoms with Crippen LogP contribution in [0.1, 0.15) is 33.1 Å². The third-order valence-corrected chi connectivity index (χ3v) is 4.40. The lowest BCUT2D eigenvalue weighted by Crippen LogP contribution is -2.39. The van der Waals surface area contributed by atoms with Crippen LogP contribution in [-0.2, 0) is 0 Å². The maximum atomic E-state index is 9.67. The van der Waals surface area contributed by atoms with Gasteiger partial charge >= 0.3 is 0 Å². The maximum absolute atomic E-state index is 9.67. The van der Waals surface area contributed by atoms with Crippen LogP contribution in [0.3, 0.4) is 0 Å². The van der Waals surface area contributed by atoms with Crippen LogP contribution in [0.4, 0.5) is 5.69 Å². The minimum absolute atomic E-state index is 0.505. The fraction of sp³-hybridized carbons (Fsp3) is 0.562. The van der Waals surface area contributed by atoms with Crippen molar-refractivity contribution in [2.75, 3.05) is 18.4 Å². The zero-order valence-corrected chi connectivity index (χ0v) is 13.0. The average molecular weight is 292 g/mol. The molecule has 0 bridgehead atoms. The molecule has 1 heterocycles. The summed E-state index contributed by atoms with van der Waals surface area (Å²) in [5, 5.41) is 13.7. The molecule has 1 N–H and O–H groups in total. The van der Waals surface area contributed by atoms with Gasteiger partial charge in [-0.15, -0.1) is 0 Å². The van der Waals surface area contributed by atoms with Crippen LogP contribution in [0.25, 0.3) is 0 Å². The van der Waals surface area contributed by atoms with Gasteiger partial charge in [-0.05, 0) is 51.8 Å². The first kappa shape index (κ1) is 15.2. The van der Waals surface area contributed by atoms with E-state index in [2.05, 4.69) is 30.1 Å². The zero-order chi connectivity index (χ0) is 14.6. The van der Waals surface area contributed by atoms with Crippen molar-refractivity contribution in [3.63, 3.8) is 0 Å². The van der Waals surface area contributed by atoms with Gasteiger partial charge in [0.1, 0.15) is 5.54 Å². The third-order valence-electron chi connectivity index (χ3n) is 4.07. The fourth-order valence-electron chi connectivity index (χ4n) is 2.76. The van der Waals surface area contributed by atoms with E-state index < -0.39 is 5.54 Å². The highest BCUT2D eigenvalue weighted by Gasteiger charge is 2.33. The first-order valence-corrected chi connectivity index (χ1v) is 7.62. The van der Waals surface area contributed by atoms with Gasteiger partial charge in [-0.1, -0.05) is 23.7 Å². The molecule has 1 saturated heterocycles. The van der Waals surface area contributed by atoms with Crippen molar-refractivity contribution in [3.05, 3.63) is 29.3 Å². The summed E-state index contributed by atoms with van der Waals surface area (Å²) in [6, 6.07) is 10.7. The van der Waals surface area contributed by atoms with E-state index in [9.17, 15) is 5.26 Å². The number of nitriles is 1. The van der Waals surface area contributed by atoms with E-state index in [4.69, 9.17) is 11.6 Å². The molecular formula is C16H22ClN3. The van der Waals surface area contributed by atoms with Crippen LogP contribution in [0.5, 0.6) is 0 Å². The Balaban J connectivity index is 2.14. The van der Waals surface area contributed by atoms with Crippen molar-refractivity contribution in [2.24, 2.45) is 0 Å². The molecular weight excluding hydrogens is 270 g/mol. The van der Waals surface area contributed by atoms with Crippen molar-refractivity contribution in [3.8, 4) is 6.07 Å². The summed E-state index contributed by atoms with van der Waals surface area (Å²) < 4.78 is 0. The molecule has 0 spiro atoms. The van der Waals surface area contributed by atoms with Gasteiger partial charge in [0.2, 0.25) is 0 Å². The van der Waals surface area contributed by atoms with Gasteiger partial charge in [0.05, 0.1) is 16.8 Å². The molecule has 1 aromatic rings. The molecule has 3 nitrogen and oxygen atoms in total. The molecule has 1 aliphatic rings. The van der Waals surface area contributed by atoms with Gasteiger partial charge in [-0.3, -0.25) is 0 Å². The normalized spacial score (nSPS) is 24.1. The molecule has 108 valence electrons. The molecule has 0 aromatic heterocycles. The Morgan fingerprint density at radius 2 is 2.05 bits per heavy atom. The van der Waals surface area contributed by atoms with Crippen LogP contribution in [0.2, 0.25) is 5.02 Å². The second-order valence-electron chi connectivity index (χ2n) is 5.78. The topological polar surface area (TPSA) is 39.1 Å². The quantitative estimate of drug-likeness (QED) is 0.918. The highest BCUT2D eigenvalue weighted by molar-refractivity contribution is 6.33. The lowest BCUT2D eigenvalue weighted by molar-refractivity contribution is 0.229. The van der Waals surface area contributed by atoms with Gasteiger partial charge < -0.3 is 10.2 Å². The largest absolute Gasteiger partial charge is 0.366 e. The number of benzene rings is 1. The van der Waals surface area contributed by atoms with Gasteiger partial charge in [0, 0.05) is 12.6 Å². The first-order chi connectivity index (χ1) is 9.56. The Labute approximate surface area is 126 Å². The second-order valence-corrected chi connectivity index (χ2v) is 6.19. The summed E-state index contributed by atoms with van der Waals surface area (Å²) in [5.41, 5.74) is 0.350. The summed E-state index contributed by atoms with van der Waals surface area (Å²) in [7, 11) is 0. The van der Waals surface area contributed by atoms with Crippen LogP contribution in [0, 0.1) is 11.3 Å². The molecule has 1 aromatic carbocycles. The third kappa shape index (κ3) is 3.45. The summed E-state index contributed by atoms with van der Waals surface area (Å²) in [5.74, 6) is 0. The predicted molar refractivity (Wildman–Crippen MR) is 84.0 cm³/mol. The van der Waals surface area contributed by atoms with E-state index in [1.165, 1.54) is 0 Å². The lowest BCUT2D eigenvalue weighted by Gasteiger charge is -2.29. The molecule has 0 radical (unpaired) electrons.